The summed E-state index contributed by atoms with van der Waals surface area (Å²) in [6.07, 6.45) is 1.03. The molecule has 2 aromatic heterocycles. The second-order valence-corrected chi connectivity index (χ2v) is 6.35. The first kappa shape index (κ1) is 18.2. The highest BCUT2D eigenvalue weighted by Crippen LogP contribution is 2.36. The number of fused-ring (bicyclic) bond motifs is 1. The Bertz CT molecular complexity index is 1230. The van der Waals surface area contributed by atoms with Crippen molar-refractivity contribution in [2.24, 2.45) is 0 Å². The summed E-state index contributed by atoms with van der Waals surface area (Å²) < 4.78 is 56.5. The van der Waals surface area contributed by atoms with Crippen LogP contribution in [0, 0.1) is 28.5 Å². The molecule has 8 heteroatoms. The molecule has 0 saturated carbocycles. The number of pyridine rings is 2. The van der Waals surface area contributed by atoms with E-state index in [9.17, 15) is 22.8 Å². The summed E-state index contributed by atoms with van der Waals surface area (Å²) in [6, 6.07) is 8.79. The predicted octanol–water partition coefficient (Wildman–Crippen LogP) is 5.41. The molecule has 2 heterocycles. The van der Waals surface area contributed by atoms with Gasteiger partial charge in [-0.15, -0.1) is 0 Å². The Morgan fingerprint density at radius 2 is 1.57 bits per heavy atom. The van der Waals surface area contributed by atoms with Crippen molar-refractivity contribution in [3.05, 3.63) is 88.4 Å². The Hall–Kier alpha value is -3.19. The van der Waals surface area contributed by atoms with Gasteiger partial charge in [-0.2, -0.15) is 4.73 Å². The third-order valence-corrected chi connectivity index (χ3v) is 4.46. The van der Waals surface area contributed by atoms with E-state index in [0.717, 1.165) is 30.5 Å². The largest absolute Gasteiger partial charge is 0.618 e. The van der Waals surface area contributed by atoms with E-state index in [4.69, 9.17) is 11.6 Å². The SMILES string of the molecule is [O-][n+]1ccc2c(-c3ccc(F)cc3F)cc(Cl)nc2c1-c1c(F)cccc1F. The minimum atomic E-state index is -0.964. The van der Waals surface area contributed by atoms with E-state index >= 15 is 0 Å². The maximum Gasteiger partial charge on any atom is 0.256 e. The molecule has 0 aliphatic heterocycles. The topological polar surface area (TPSA) is 39.8 Å². The Kier molecular flexibility index (Phi) is 4.39. The smallest absolute Gasteiger partial charge is 0.256 e. The zero-order valence-electron chi connectivity index (χ0n) is 13.9. The normalized spacial score (nSPS) is 11.2. The van der Waals surface area contributed by atoms with Gasteiger partial charge in [-0.1, -0.05) is 17.7 Å². The maximum absolute atomic E-state index is 14.3. The monoisotopic (exact) mass is 404 g/mol. The maximum atomic E-state index is 14.3. The lowest BCUT2D eigenvalue weighted by atomic mass is 9.99. The van der Waals surface area contributed by atoms with Crippen LogP contribution in [0.5, 0.6) is 0 Å². The number of aromatic nitrogens is 2. The molecule has 28 heavy (non-hydrogen) atoms. The number of halogens is 5. The highest BCUT2D eigenvalue weighted by molar-refractivity contribution is 6.30. The van der Waals surface area contributed by atoms with Gasteiger partial charge >= 0.3 is 0 Å². The molecule has 0 aliphatic rings. The predicted molar refractivity (Wildman–Crippen MR) is 96.4 cm³/mol. The molecule has 0 radical (unpaired) electrons. The van der Waals surface area contributed by atoms with Gasteiger partial charge in [-0.05, 0) is 35.9 Å². The third-order valence-electron chi connectivity index (χ3n) is 4.27. The van der Waals surface area contributed by atoms with Gasteiger partial charge in [0.2, 0.25) is 0 Å². The lowest BCUT2D eigenvalue weighted by Gasteiger charge is -2.13. The molecule has 4 aromatic rings. The zero-order chi connectivity index (χ0) is 20.0. The van der Waals surface area contributed by atoms with Crippen molar-refractivity contribution in [2.75, 3.05) is 0 Å². The van der Waals surface area contributed by atoms with E-state index in [1.165, 1.54) is 18.2 Å². The number of nitrogens with zero attached hydrogens (tertiary/aromatic N) is 2. The molecule has 0 fully saturated rings. The summed E-state index contributed by atoms with van der Waals surface area (Å²) in [7, 11) is 0. The summed E-state index contributed by atoms with van der Waals surface area (Å²) in [5.74, 6) is -3.56. The van der Waals surface area contributed by atoms with E-state index in [1.54, 1.807) is 0 Å². The molecule has 2 aromatic carbocycles. The van der Waals surface area contributed by atoms with Gasteiger partial charge in [0, 0.05) is 23.1 Å². The van der Waals surface area contributed by atoms with E-state index in [1.807, 2.05) is 0 Å². The Morgan fingerprint density at radius 3 is 2.25 bits per heavy atom. The standard InChI is InChI=1S/C20H9ClF4N2O/c21-17-9-13(11-5-4-10(22)8-16(11)25)12-6-7-27(28)20(19(12)26-17)18-14(23)2-1-3-15(18)24/h1-9H. The lowest BCUT2D eigenvalue weighted by Crippen LogP contribution is -2.29. The Labute approximate surface area is 161 Å². The first-order chi connectivity index (χ1) is 13.4. The van der Waals surface area contributed by atoms with Crippen LogP contribution in [0.15, 0.2) is 54.7 Å². The molecule has 0 atom stereocenters. The molecule has 4 rings (SSSR count). The van der Waals surface area contributed by atoms with Gasteiger partial charge in [0.05, 0.1) is 0 Å². The van der Waals surface area contributed by atoms with Crippen LogP contribution in [0.4, 0.5) is 17.6 Å². The van der Waals surface area contributed by atoms with E-state index in [-0.39, 0.29) is 31.9 Å². The van der Waals surface area contributed by atoms with Crippen molar-refractivity contribution in [2.45, 2.75) is 0 Å². The molecule has 3 nitrogen and oxygen atoms in total. The second kappa shape index (κ2) is 6.76. The summed E-state index contributed by atoms with van der Waals surface area (Å²) in [5, 5.41) is 12.5. The van der Waals surface area contributed by atoms with Crippen LogP contribution < -0.4 is 4.73 Å². The quantitative estimate of drug-likeness (QED) is 0.194. The lowest BCUT2D eigenvalue weighted by molar-refractivity contribution is -0.592. The van der Waals surface area contributed by atoms with Crippen LogP contribution in [0.2, 0.25) is 5.15 Å². The van der Waals surface area contributed by atoms with Gasteiger partial charge in [-0.3, -0.25) is 0 Å². The molecule has 0 spiro atoms. The molecule has 0 unspecified atom stereocenters. The van der Waals surface area contributed by atoms with Crippen LogP contribution >= 0.6 is 11.6 Å². The van der Waals surface area contributed by atoms with Crippen LogP contribution in [-0.4, -0.2) is 4.98 Å². The first-order valence-corrected chi connectivity index (χ1v) is 8.37. The van der Waals surface area contributed by atoms with Gasteiger partial charge < -0.3 is 5.21 Å². The molecular weight excluding hydrogens is 396 g/mol. The van der Waals surface area contributed by atoms with Crippen LogP contribution in [0.25, 0.3) is 33.3 Å². The van der Waals surface area contributed by atoms with Gasteiger partial charge in [0.25, 0.3) is 5.69 Å². The number of hydrogen-bond acceptors (Lipinski definition) is 2. The molecule has 0 bridgehead atoms. The molecule has 0 aliphatic carbocycles. The average Bonchev–Trinajstić information content (AvgIpc) is 2.62. The summed E-state index contributed by atoms with van der Waals surface area (Å²) in [5.41, 5.74) is -0.902. The number of hydrogen-bond donors (Lipinski definition) is 0. The van der Waals surface area contributed by atoms with Crippen LogP contribution in [0.1, 0.15) is 0 Å². The Balaban J connectivity index is 2.13. The van der Waals surface area contributed by atoms with Crippen LogP contribution in [0.3, 0.4) is 0 Å². The highest BCUT2D eigenvalue weighted by Gasteiger charge is 2.25. The molecule has 0 N–H and O–H groups in total. The van der Waals surface area contributed by atoms with Gasteiger partial charge in [0.15, 0.2) is 6.20 Å². The van der Waals surface area contributed by atoms with E-state index in [0.29, 0.717) is 6.07 Å². The fourth-order valence-corrected chi connectivity index (χ4v) is 3.27. The minimum Gasteiger partial charge on any atom is -0.618 e. The molecular formula is C20H9ClF4N2O. The van der Waals surface area contributed by atoms with Gasteiger partial charge in [0.1, 0.15) is 39.5 Å². The highest BCUT2D eigenvalue weighted by atomic mass is 35.5. The zero-order valence-corrected chi connectivity index (χ0v) is 14.6. The van der Waals surface area contributed by atoms with Crippen LogP contribution in [-0.2, 0) is 0 Å². The van der Waals surface area contributed by atoms with Gasteiger partial charge in [-0.25, -0.2) is 22.5 Å². The van der Waals surface area contributed by atoms with Crippen molar-refractivity contribution in [3.8, 4) is 22.4 Å². The summed E-state index contributed by atoms with van der Waals surface area (Å²) in [4.78, 5) is 4.04. The van der Waals surface area contributed by atoms with E-state index in [2.05, 4.69) is 4.98 Å². The number of rotatable bonds is 2. The molecule has 140 valence electrons. The minimum absolute atomic E-state index is 0.000644. The van der Waals surface area contributed by atoms with Crippen molar-refractivity contribution in [1.82, 2.24) is 4.98 Å². The Morgan fingerprint density at radius 1 is 0.857 bits per heavy atom. The van der Waals surface area contributed by atoms with Crippen molar-refractivity contribution in [3.63, 3.8) is 0 Å². The van der Waals surface area contributed by atoms with Crippen molar-refractivity contribution >= 4 is 22.5 Å². The average molecular weight is 405 g/mol. The molecule has 0 saturated heterocycles. The van der Waals surface area contributed by atoms with Crippen molar-refractivity contribution < 1.29 is 22.3 Å². The molecule has 0 amide bonds. The summed E-state index contributed by atoms with van der Waals surface area (Å²) >= 11 is 6.04. The fraction of sp³-hybridized carbons (Fsp3) is 0. The first-order valence-electron chi connectivity index (χ1n) is 7.99. The summed E-state index contributed by atoms with van der Waals surface area (Å²) in [6.45, 7) is 0. The fourth-order valence-electron chi connectivity index (χ4n) is 3.08. The van der Waals surface area contributed by atoms with Crippen molar-refractivity contribution in [1.29, 1.82) is 0 Å². The second-order valence-electron chi connectivity index (χ2n) is 5.97. The van der Waals surface area contributed by atoms with E-state index < -0.39 is 34.5 Å². The number of benzene rings is 2. The third kappa shape index (κ3) is 2.93.